The first-order chi connectivity index (χ1) is 14.2. The third-order valence-electron chi connectivity index (χ3n) is 5.52. The Labute approximate surface area is 194 Å². The van der Waals surface area contributed by atoms with Crippen molar-refractivity contribution in [2.75, 3.05) is 19.0 Å². The van der Waals surface area contributed by atoms with Crippen LogP contribution < -0.4 is 20.5 Å². The van der Waals surface area contributed by atoms with Gasteiger partial charge in [-0.2, -0.15) is 0 Å². The van der Waals surface area contributed by atoms with Gasteiger partial charge in [-0.15, -0.1) is 24.8 Å². The SMILES string of the molecule is COc1ccc(NC(=O)[C@@H]2CCC[C@@H]2CN)cc1OCc1cn2ccccc2n1.Cl.Cl. The molecule has 1 saturated carbocycles. The van der Waals surface area contributed by atoms with Crippen molar-refractivity contribution in [1.29, 1.82) is 0 Å². The maximum absolute atomic E-state index is 12.7. The van der Waals surface area contributed by atoms with Gasteiger partial charge in [0.15, 0.2) is 11.5 Å². The minimum atomic E-state index is -0.0237. The van der Waals surface area contributed by atoms with Crippen LogP contribution in [0.25, 0.3) is 5.65 Å². The second kappa shape index (κ2) is 11.2. The number of hydrogen-bond donors (Lipinski definition) is 2. The Morgan fingerprint density at radius 3 is 2.81 bits per heavy atom. The molecular weight excluding hydrogens is 439 g/mol. The van der Waals surface area contributed by atoms with Gasteiger partial charge in [-0.25, -0.2) is 4.98 Å². The van der Waals surface area contributed by atoms with E-state index in [9.17, 15) is 4.79 Å². The van der Waals surface area contributed by atoms with Crippen LogP contribution in [0.15, 0.2) is 48.8 Å². The maximum atomic E-state index is 12.7. The molecule has 7 nitrogen and oxygen atoms in total. The predicted molar refractivity (Wildman–Crippen MR) is 126 cm³/mol. The summed E-state index contributed by atoms with van der Waals surface area (Å²) in [6, 6.07) is 11.2. The zero-order valence-corrected chi connectivity index (χ0v) is 19.0. The summed E-state index contributed by atoms with van der Waals surface area (Å²) in [6.45, 7) is 0.849. The van der Waals surface area contributed by atoms with Crippen molar-refractivity contribution in [2.24, 2.45) is 17.6 Å². The largest absolute Gasteiger partial charge is 0.493 e. The highest BCUT2D eigenvalue weighted by Gasteiger charge is 2.32. The molecule has 3 N–H and O–H groups in total. The smallest absolute Gasteiger partial charge is 0.227 e. The van der Waals surface area contributed by atoms with E-state index in [2.05, 4.69) is 10.3 Å². The van der Waals surface area contributed by atoms with Crippen molar-refractivity contribution in [2.45, 2.75) is 25.9 Å². The van der Waals surface area contributed by atoms with E-state index < -0.39 is 0 Å². The fourth-order valence-electron chi connectivity index (χ4n) is 3.97. The summed E-state index contributed by atoms with van der Waals surface area (Å²) in [5, 5.41) is 3.01. The van der Waals surface area contributed by atoms with Gasteiger partial charge in [0, 0.05) is 30.1 Å². The molecule has 2 heterocycles. The number of aromatic nitrogens is 2. The summed E-state index contributed by atoms with van der Waals surface area (Å²) < 4.78 is 13.3. The van der Waals surface area contributed by atoms with Gasteiger partial charge in [0.25, 0.3) is 0 Å². The van der Waals surface area contributed by atoms with Gasteiger partial charge >= 0.3 is 0 Å². The number of benzene rings is 1. The lowest BCUT2D eigenvalue weighted by atomic mass is 9.95. The van der Waals surface area contributed by atoms with Gasteiger partial charge in [0.2, 0.25) is 5.91 Å². The molecule has 1 aliphatic rings. The third kappa shape index (κ3) is 5.61. The van der Waals surface area contributed by atoms with Crippen molar-refractivity contribution >= 4 is 42.1 Å². The number of halogens is 2. The number of nitrogens with zero attached hydrogens (tertiary/aromatic N) is 2. The van der Waals surface area contributed by atoms with Crippen LogP contribution in [-0.2, 0) is 11.4 Å². The van der Waals surface area contributed by atoms with Crippen molar-refractivity contribution in [3.8, 4) is 11.5 Å². The quantitative estimate of drug-likeness (QED) is 0.547. The zero-order valence-electron chi connectivity index (χ0n) is 17.3. The second-order valence-corrected chi connectivity index (χ2v) is 7.38. The summed E-state index contributed by atoms with van der Waals surface area (Å²) in [7, 11) is 1.59. The van der Waals surface area contributed by atoms with Crippen molar-refractivity contribution < 1.29 is 14.3 Å². The number of carbonyl (C=O) groups is 1. The number of imidazole rings is 1. The molecule has 31 heavy (non-hydrogen) atoms. The van der Waals surface area contributed by atoms with E-state index in [-0.39, 0.29) is 42.6 Å². The number of hydrogen-bond acceptors (Lipinski definition) is 5. The monoisotopic (exact) mass is 466 g/mol. The van der Waals surface area contributed by atoms with Gasteiger partial charge in [0.05, 0.1) is 12.8 Å². The maximum Gasteiger partial charge on any atom is 0.227 e. The normalized spacial score (nSPS) is 17.5. The molecular formula is C22H28Cl2N4O3. The topological polar surface area (TPSA) is 90.9 Å². The van der Waals surface area contributed by atoms with Gasteiger partial charge in [-0.1, -0.05) is 12.5 Å². The number of anilines is 1. The first-order valence-corrected chi connectivity index (χ1v) is 9.92. The molecule has 1 amide bonds. The Balaban J connectivity index is 0.00000171. The van der Waals surface area contributed by atoms with Crippen molar-refractivity contribution in [3.63, 3.8) is 0 Å². The van der Waals surface area contributed by atoms with Crippen LogP contribution in [-0.4, -0.2) is 28.9 Å². The fourth-order valence-corrected chi connectivity index (χ4v) is 3.97. The number of amides is 1. The Kier molecular flexibility index (Phi) is 8.98. The lowest BCUT2D eigenvalue weighted by molar-refractivity contribution is -0.120. The summed E-state index contributed by atoms with van der Waals surface area (Å²) in [4.78, 5) is 17.2. The number of fused-ring (bicyclic) bond motifs is 1. The number of ether oxygens (including phenoxy) is 2. The number of pyridine rings is 1. The lowest BCUT2D eigenvalue weighted by Gasteiger charge is -2.18. The second-order valence-electron chi connectivity index (χ2n) is 7.38. The molecule has 0 spiro atoms. The minimum absolute atomic E-state index is 0. The van der Waals surface area contributed by atoms with Crippen LogP contribution in [0.4, 0.5) is 5.69 Å². The summed E-state index contributed by atoms with van der Waals surface area (Å²) in [5.74, 6) is 1.43. The standard InChI is InChI=1S/C22H26N4O3.2ClH/c1-28-19-9-8-16(25-22(27)18-6-4-5-15(18)12-23)11-20(19)29-14-17-13-26-10-3-2-7-21(26)24-17;;/h2-3,7-11,13,15,18H,4-6,12,14,23H2,1H3,(H,25,27);2*1H/t15-,18-;;/m1../s1. The molecule has 0 aliphatic heterocycles. The molecule has 3 aromatic rings. The number of methoxy groups -OCH3 is 1. The van der Waals surface area contributed by atoms with E-state index in [0.29, 0.717) is 30.3 Å². The molecule has 168 valence electrons. The molecule has 9 heteroatoms. The van der Waals surface area contributed by atoms with E-state index in [0.717, 1.165) is 30.6 Å². The van der Waals surface area contributed by atoms with Crippen LogP contribution in [0.2, 0.25) is 0 Å². The third-order valence-corrected chi connectivity index (χ3v) is 5.52. The number of nitrogens with two attached hydrogens (primary N) is 1. The highest BCUT2D eigenvalue weighted by molar-refractivity contribution is 5.93. The summed E-state index contributed by atoms with van der Waals surface area (Å²) in [5.41, 5.74) is 8.18. The average Bonchev–Trinajstić information content (AvgIpc) is 3.38. The van der Waals surface area contributed by atoms with Gasteiger partial charge in [-0.3, -0.25) is 4.79 Å². The van der Waals surface area contributed by atoms with Crippen molar-refractivity contribution in [1.82, 2.24) is 9.38 Å². The molecule has 1 fully saturated rings. The molecule has 2 atom stereocenters. The summed E-state index contributed by atoms with van der Waals surface area (Å²) in [6.07, 6.45) is 6.84. The van der Waals surface area contributed by atoms with Gasteiger partial charge in [-0.05, 0) is 49.6 Å². The zero-order chi connectivity index (χ0) is 20.2. The number of carbonyl (C=O) groups excluding carboxylic acids is 1. The van der Waals surface area contributed by atoms with Crippen LogP contribution in [0.5, 0.6) is 11.5 Å². The van der Waals surface area contributed by atoms with Crippen LogP contribution in [0.3, 0.4) is 0 Å². The molecule has 1 aliphatic carbocycles. The first kappa shape index (κ1) is 24.8. The molecule has 4 rings (SSSR count). The highest BCUT2D eigenvalue weighted by Crippen LogP contribution is 2.34. The van der Waals surface area contributed by atoms with Gasteiger partial charge < -0.3 is 24.9 Å². The fraction of sp³-hybridized carbons (Fsp3) is 0.364. The minimum Gasteiger partial charge on any atom is -0.493 e. The molecule has 1 aromatic carbocycles. The molecule has 0 unspecified atom stereocenters. The number of nitrogens with one attached hydrogen (secondary N) is 1. The Morgan fingerprint density at radius 1 is 1.23 bits per heavy atom. The molecule has 0 bridgehead atoms. The number of rotatable bonds is 7. The van der Waals surface area contributed by atoms with Crippen molar-refractivity contribution in [3.05, 3.63) is 54.5 Å². The van der Waals surface area contributed by atoms with Crippen LogP contribution >= 0.6 is 24.8 Å². The molecule has 0 saturated heterocycles. The Bertz CT molecular complexity index is 978. The van der Waals surface area contributed by atoms with Crippen LogP contribution in [0, 0.1) is 11.8 Å². The van der Waals surface area contributed by atoms with Gasteiger partial charge in [0.1, 0.15) is 12.3 Å². The van der Waals surface area contributed by atoms with E-state index in [4.69, 9.17) is 15.2 Å². The Hall–Kier alpha value is -2.48. The Morgan fingerprint density at radius 2 is 2.06 bits per heavy atom. The average molecular weight is 467 g/mol. The lowest BCUT2D eigenvalue weighted by Crippen LogP contribution is -2.29. The van der Waals surface area contributed by atoms with E-state index >= 15 is 0 Å². The molecule has 2 aromatic heterocycles. The highest BCUT2D eigenvalue weighted by atomic mass is 35.5. The first-order valence-electron chi connectivity index (χ1n) is 9.92. The van der Waals surface area contributed by atoms with Crippen LogP contribution in [0.1, 0.15) is 25.0 Å². The van der Waals surface area contributed by atoms with E-state index in [1.807, 2.05) is 41.1 Å². The summed E-state index contributed by atoms with van der Waals surface area (Å²) >= 11 is 0. The molecule has 0 radical (unpaired) electrons. The van der Waals surface area contributed by atoms with E-state index in [1.165, 1.54) is 0 Å². The van der Waals surface area contributed by atoms with E-state index in [1.54, 1.807) is 19.2 Å². The predicted octanol–water partition coefficient (Wildman–Crippen LogP) is 4.08.